The van der Waals surface area contributed by atoms with Crippen LogP contribution >= 0.6 is 0 Å². The van der Waals surface area contributed by atoms with Gasteiger partial charge in [0.25, 0.3) is 0 Å². The lowest BCUT2D eigenvalue weighted by molar-refractivity contribution is 0.415. The number of aryl methyl sites for hydroxylation is 1. The quantitative estimate of drug-likeness (QED) is 0.766. The van der Waals surface area contributed by atoms with Crippen LogP contribution in [0.15, 0.2) is 54.9 Å². The van der Waals surface area contributed by atoms with Gasteiger partial charge in [-0.05, 0) is 42.8 Å². The van der Waals surface area contributed by atoms with Crippen molar-refractivity contribution < 1.29 is 4.74 Å². The highest BCUT2D eigenvalue weighted by Gasteiger charge is 2.04. The number of hydrogen-bond donors (Lipinski definition) is 1. The van der Waals surface area contributed by atoms with Crippen molar-refractivity contribution >= 4 is 22.1 Å². The molecule has 0 saturated heterocycles. The molecule has 100 valence electrons. The van der Waals surface area contributed by atoms with Crippen molar-refractivity contribution in [2.24, 2.45) is 0 Å². The van der Waals surface area contributed by atoms with E-state index in [0.29, 0.717) is 0 Å². The standard InChI is InChI=1S/C17H16N2O/c1-12-10-18-11-13-4-3-5-16(17(12)13)19-14-6-8-15(20-2)9-7-14/h3-11,19H,1-2H3. The number of anilines is 2. The van der Waals surface area contributed by atoms with Crippen LogP contribution < -0.4 is 10.1 Å². The van der Waals surface area contributed by atoms with Crippen LogP contribution in [0.3, 0.4) is 0 Å². The molecular formula is C17H16N2O. The van der Waals surface area contributed by atoms with Gasteiger partial charge < -0.3 is 10.1 Å². The molecule has 20 heavy (non-hydrogen) atoms. The second-order valence-electron chi connectivity index (χ2n) is 4.71. The van der Waals surface area contributed by atoms with Gasteiger partial charge in [-0.3, -0.25) is 4.98 Å². The van der Waals surface area contributed by atoms with E-state index in [9.17, 15) is 0 Å². The molecule has 0 saturated carbocycles. The molecule has 3 nitrogen and oxygen atoms in total. The minimum Gasteiger partial charge on any atom is -0.497 e. The highest BCUT2D eigenvalue weighted by molar-refractivity contribution is 5.97. The lowest BCUT2D eigenvalue weighted by Gasteiger charge is -2.12. The molecule has 3 heteroatoms. The molecule has 0 bridgehead atoms. The van der Waals surface area contributed by atoms with Gasteiger partial charge in [-0.1, -0.05) is 12.1 Å². The number of benzene rings is 2. The summed E-state index contributed by atoms with van der Waals surface area (Å²) < 4.78 is 5.17. The summed E-state index contributed by atoms with van der Waals surface area (Å²) in [6.45, 7) is 2.08. The Labute approximate surface area is 118 Å². The molecule has 0 spiro atoms. The van der Waals surface area contributed by atoms with Crippen molar-refractivity contribution in [3.63, 3.8) is 0 Å². The van der Waals surface area contributed by atoms with E-state index in [0.717, 1.165) is 22.5 Å². The fraction of sp³-hybridized carbons (Fsp3) is 0.118. The predicted molar refractivity (Wildman–Crippen MR) is 82.8 cm³/mol. The molecule has 0 amide bonds. The molecule has 0 radical (unpaired) electrons. The van der Waals surface area contributed by atoms with Crippen LogP contribution in [0.4, 0.5) is 11.4 Å². The molecule has 0 aliphatic heterocycles. The highest BCUT2D eigenvalue weighted by Crippen LogP contribution is 2.29. The van der Waals surface area contributed by atoms with E-state index in [1.807, 2.05) is 42.7 Å². The Morgan fingerprint density at radius 3 is 2.55 bits per heavy atom. The second kappa shape index (κ2) is 5.21. The van der Waals surface area contributed by atoms with Gasteiger partial charge in [0.1, 0.15) is 5.75 Å². The molecule has 3 aromatic rings. The van der Waals surface area contributed by atoms with E-state index in [-0.39, 0.29) is 0 Å². The SMILES string of the molecule is COc1ccc(Nc2cccc3cncc(C)c23)cc1. The summed E-state index contributed by atoms with van der Waals surface area (Å²) in [6.07, 6.45) is 3.78. The maximum atomic E-state index is 5.17. The third kappa shape index (κ3) is 2.30. The molecule has 0 aliphatic rings. The summed E-state index contributed by atoms with van der Waals surface area (Å²) in [5.74, 6) is 0.855. The maximum Gasteiger partial charge on any atom is 0.119 e. The molecule has 1 N–H and O–H groups in total. The average Bonchev–Trinajstić information content (AvgIpc) is 2.48. The van der Waals surface area contributed by atoms with Crippen molar-refractivity contribution in [2.45, 2.75) is 6.92 Å². The number of fused-ring (bicyclic) bond motifs is 1. The lowest BCUT2D eigenvalue weighted by atomic mass is 10.1. The molecule has 1 aromatic heterocycles. The van der Waals surface area contributed by atoms with Gasteiger partial charge in [-0.2, -0.15) is 0 Å². The number of methoxy groups -OCH3 is 1. The van der Waals surface area contributed by atoms with Gasteiger partial charge in [-0.25, -0.2) is 0 Å². The molecule has 0 atom stereocenters. The number of rotatable bonds is 3. The molecule has 2 aromatic carbocycles. The maximum absolute atomic E-state index is 5.17. The van der Waals surface area contributed by atoms with Crippen LogP contribution in [0.25, 0.3) is 10.8 Å². The van der Waals surface area contributed by atoms with Crippen LogP contribution in [-0.2, 0) is 0 Å². The number of pyridine rings is 1. The lowest BCUT2D eigenvalue weighted by Crippen LogP contribution is -1.93. The first-order chi connectivity index (χ1) is 9.78. The highest BCUT2D eigenvalue weighted by atomic mass is 16.5. The van der Waals surface area contributed by atoms with Gasteiger partial charge in [-0.15, -0.1) is 0 Å². The third-order valence-corrected chi connectivity index (χ3v) is 3.34. The van der Waals surface area contributed by atoms with E-state index in [2.05, 4.69) is 29.4 Å². The smallest absolute Gasteiger partial charge is 0.119 e. The minimum atomic E-state index is 0.855. The molecule has 3 rings (SSSR count). The fourth-order valence-corrected chi connectivity index (χ4v) is 2.35. The van der Waals surface area contributed by atoms with E-state index >= 15 is 0 Å². The van der Waals surface area contributed by atoms with Crippen LogP contribution in [0, 0.1) is 6.92 Å². The largest absolute Gasteiger partial charge is 0.497 e. The Morgan fingerprint density at radius 1 is 1.00 bits per heavy atom. The Hall–Kier alpha value is -2.55. The Bertz CT molecular complexity index is 730. The third-order valence-electron chi connectivity index (χ3n) is 3.34. The van der Waals surface area contributed by atoms with Crippen LogP contribution in [0.1, 0.15) is 5.56 Å². The summed E-state index contributed by atoms with van der Waals surface area (Å²) >= 11 is 0. The Kier molecular flexibility index (Phi) is 3.25. The molecule has 0 aliphatic carbocycles. The van der Waals surface area contributed by atoms with Crippen LogP contribution in [-0.4, -0.2) is 12.1 Å². The van der Waals surface area contributed by atoms with Gasteiger partial charge >= 0.3 is 0 Å². The minimum absolute atomic E-state index is 0.855. The Morgan fingerprint density at radius 2 is 1.80 bits per heavy atom. The van der Waals surface area contributed by atoms with E-state index in [1.54, 1.807) is 7.11 Å². The van der Waals surface area contributed by atoms with E-state index in [4.69, 9.17) is 4.74 Å². The summed E-state index contributed by atoms with van der Waals surface area (Å²) in [6, 6.07) is 14.1. The monoisotopic (exact) mass is 264 g/mol. The van der Waals surface area contributed by atoms with Gasteiger partial charge in [0.05, 0.1) is 7.11 Å². The van der Waals surface area contributed by atoms with Crippen LogP contribution in [0.5, 0.6) is 5.75 Å². The topological polar surface area (TPSA) is 34.1 Å². The molecule has 0 unspecified atom stereocenters. The summed E-state index contributed by atoms with van der Waals surface area (Å²) in [4.78, 5) is 4.24. The van der Waals surface area contributed by atoms with Crippen molar-refractivity contribution in [3.8, 4) is 5.75 Å². The van der Waals surface area contributed by atoms with Gasteiger partial charge in [0.15, 0.2) is 0 Å². The van der Waals surface area contributed by atoms with Crippen molar-refractivity contribution in [2.75, 3.05) is 12.4 Å². The first-order valence-corrected chi connectivity index (χ1v) is 6.52. The van der Waals surface area contributed by atoms with Gasteiger partial charge in [0, 0.05) is 34.5 Å². The zero-order valence-corrected chi connectivity index (χ0v) is 11.6. The first-order valence-electron chi connectivity index (χ1n) is 6.52. The molecule has 0 fully saturated rings. The summed E-state index contributed by atoms with van der Waals surface area (Å²) in [5, 5.41) is 5.80. The number of hydrogen-bond acceptors (Lipinski definition) is 3. The zero-order chi connectivity index (χ0) is 13.9. The number of nitrogens with zero attached hydrogens (tertiary/aromatic N) is 1. The fourth-order valence-electron chi connectivity index (χ4n) is 2.35. The van der Waals surface area contributed by atoms with Gasteiger partial charge in [0.2, 0.25) is 0 Å². The molecular weight excluding hydrogens is 248 g/mol. The van der Waals surface area contributed by atoms with Crippen molar-refractivity contribution in [1.82, 2.24) is 4.98 Å². The van der Waals surface area contributed by atoms with Crippen molar-refractivity contribution in [1.29, 1.82) is 0 Å². The number of aromatic nitrogens is 1. The molecule has 1 heterocycles. The zero-order valence-electron chi connectivity index (χ0n) is 11.6. The second-order valence-corrected chi connectivity index (χ2v) is 4.71. The summed E-state index contributed by atoms with van der Waals surface area (Å²) in [5.41, 5.74) is 3.29. The normalized spacial score (nSPS) is 10.5. The Balaban J connectivity index is 2.01. The predicted octanol–water partition coefficient (Wildman–Crippen LogP) is 4.30. The van der Waals surface area contributed by atoms with E-state index < -0.39 is 0 Å². The van der Waals surface area contributed by atoms with Crippen LogP contribution in [0.2, 0.25) is 0 Å². The summed E-state index contributed by atoms with van der Waals surface area (Å²) in [7, 11) is 1.67. The van der Waals surface area contributed by atoms with Crippen molar-refractivity contribution in [3.05, 3.63) is 60.4 Å². The average molecular weight is 264 g/mol. The number of ether oxygens (including phenoxy) is 1. The first kappa shape index (κ1) is 12.5. The van der Waals surface area contributed by atoms with E-state index in [1.165, 1.54) is 10.9 Å². The number of nitrogens with one attached hydrogen (secondary N) is 1.